The molecule has 394 valence electrons. The van der Waals surface area contributed by atoms with Crippen molar-refractivity contribution in [1.82, 2.24) is 0 Å². The van der Waals surface area contributed by atoms with Crippen LogP contribution in [0.4, 0.5) is 0 Å². The number of hydrogen-bond donors (Lipinski definition) is 0. The largest absolute Gasteiger partial charge is 0.462 e. The average Bonchev–Trinajstić information content (AvgIpc) is 3.35. The Bertz CT molecular complexity index is 1380. The molecule has 0 bridgehead atoms. The van der Waals surface area contributed by atoms with E-state index in [1.807, 2.05) is 0 Å². The molecule has 0 heterocycles. The number of allylic oxidation sites excluding steroid dienone is 16. The summed E-state index contributed by atoms with van der Waals surface area (Å²) in [7, 11) is 0. The van der Waals surface area contributed by atoms with Crippen molar-refractivity contribution in [3.63, 3.8) is 0 Å². The van der Waals surface area contributed by atoms with Crippen LogP contribution in [0.25, 0.3) is 0 Å². The Labute approximate surface area is 426 Å². The van der Waals surface area contributed by atoms with Gasteiger partial charge in [-0.2, -0.15) is 0 Å². The van der Waals surface area contributed by atoms with Gasteiger partial charge in [0.25, 0.3) is 0 Å². The van der Waals surface area contributed by atoms with Crippen LogP contribution >= 0.6 is 0 Å². The summed E-state index contributed by atoms with van der Waals surface area (Å²) in [5, 5.41) is 0. The van der Waals surface area contributed by atoms with E-state index in [9.17, 15) is 14.4 Å². The number of carbonyl (C=O) groups is 3. The lowest BCUT2D eigenvalue weighted by Gasteiger charge is -2.18. The highest BCUT2D eigenvalue weighted by atomic mass is 16.6. The molecule has 0 fully saturated rings. The fourth-order valence-electron chi connectivity index (χ4n) is 7.84. The molecule has 0 aliphatic carbocycles. The molecule has 0 amide bonds. The van der Waals surface area contributed by atoms with Crippen molar-refractivity contribution in [2.24, 2.45) is 0 Å². The highest BCUT2D eigenvalue weighted by Crippen LogP contribution is 2.15. The summed E-state index contributed by atoms with van der Waals surface area (Å²) in [5.74, 6) is -0.927. The van der Waals surface area contributed by atoms with Gasteiger partial charge in [-0.1, -0.05) is 246 Å². The number of esters is 3. The molecule has 0 rings (SSSR count). The Morgan fingerprint density at radius 3 is 0.899 bits per heavy atom. The van der Waals surface area contributed by atoms with Crippen LogP contribution in [0.5, 0.6) is 0 Å². The summed E-state index contributed by atoms with van der Waals surface area (Å²) in [6.07, 6.45) is 75.4. The van der Waals surface area contributed by atoms with Gasteiger partial charge in [0.15, 0.2) is 6.10 Å². The van der Waals surface area contributed by atoms with Gasteiger partial charge < -0.3 is 14.2 Å². The standard InChI is InChI=1S/C63H106O6/c1-4-7-10-13-16-19-22-25-27-28-29-30-31-32-33-34-36-38-41-44-47-50-53-56-62(65)68-59-60(58-67-61(64)55-52-49-46-43-40-37-24-21-18-15-12-9-6-3)69-63(66)57-54-51-48-45-42-39-35-26-23-20-17-14-11-8-5-2/h7,9-10,12,16,18-19,21,25,27,29-30,32-33,37,40,60H,4-6,8,11,13-15,17,20,22-24,26,28,31,34-36,38-39,41-59H2,1-3H3/b10-7-,12-9-,19-16-,21-18-,27-25-,30-29-,33-32-,40-37-. The zero-order valence-corrected chi connectivity index (χ0v) is 45.0. The lowest BCUT2D eigenvalue weighted by atomic mass is 10.0. The van der Waals surface area contributed by atoms with Gasteiger partial charge in [-0.3, -0.25) is 14.4 Å². The van der Waals surface area contributed by atoms with Crippen molar-refractivity contribution >= 4 is 17.9 Å². The maximum absolute atomic E-state index is 12.8. The molecule has 69 heavy (non-hydrogen) atoms. The van der Waals surface area contributed by atoms with Crippen LogP contribution in [0.15, 0.2) is 97.2 Å². The maximum Gasteiger partial charge on any atom is 0.306 e. The first kappa shape index (κ1) is 65.3. The highest BCUT2D eigenvalue weighted by molar-refractivity contribution is 5.71. The Morgan fingerprint density at radius 1 is 0.304 bits per heavy atom. The van der Waals surface area contributed by atoms with E-state index < -0.39 is 6.10 Å². The minimum absolute atomic E-state index is 0.0917. The van der Waals surface area contributed by atoms with Crippen LogP contribution in [-0.2, 0) is 28.6 Å². The van der Waals surface area contributed by atoms with Crippen molar-refractivity contribution in [2.45, 2.75) is 271 Å². The van der Waals surface area contributed by atoms with Gasteiger partial charge in [0.2, 0.25) is 0 Å². The molecule has 0 spiro atoms. The predicted molar refractivity (Wildman–Crippen MR) is 297 cm³/mol. The Hall–Kier alpha value is -3.67. The van der Waals surface area contributed by atoms with Gasteiger partial charge >= 0.3 is 17.9 Å². The van der Waals surface area contributed by atoms with Crippen LogP contribution in [0, 0.1) is 0 Å². The summed E-state index contributed by atoms with van der Waals surface area (Å²) in [6.45, 7) is 6.39. The third kappa shape index (κ3) is 55.1. The van der Waals surface area contributed by atoms with Crippen molar-refractivity contribution in [3.05, 3.63) is 97.2 Å². The molecule has 0 N–H and O–H groups in total. The molecule has 0 saturated heterocycles. The lowest BCUT2D eigenvalue weighted by molar-refractivity contribution is -0.167. The van der Waals surface area contributed by atoms with Crippen molar-refractivity contribution in [2.75, 3.05) is 13.2 Å². The van der Waals surface area contributed by atoms with E-state index in [-0.39, 0.29) is 31.1 Å². The summed E-state index contributed by atoms with van der Waals surface area (Å²) in [4.78, 5) is 38.1. The molecule has 6 nitrogen and oxygen atoms in total. The SMILES string of the molecule is CC/C=C\C/C=C\C/C=C\C/C=C\C/C=C\CCCCCCCCCC(=O)OCC(COC(=O)CCCCC/C=C\C/C=C\C/C=C\CC)OC(=O)CCCCCCCCCCCCCCCCC. The predicted octanol–water partition coefficient (Wildman–Crippen LogP) is 19.3. The second-order valence-electron chi connectivity index (χ2n) is 18.8. The Balaban J connectivity index is 4.38. The quantitative estimate of drug-likeness (QED) is 0.0262. The van der Waals surface area contributed by atoms with E-state index in [1.165, 1.54) is 103 Å². The average molecular weight is 960 g/mol. The van der Waals surface area contributed by atoms with E-state index in [0.29, 0.717) is 19.3 Å². The van der Waals surface area contributed by atoms with E-state index in [0.717, 1.165) is 122 Å². The van der Waals surface area contributed by atoms with E-state index in [2.05, 4.69) is 118 Å². The first-order valence-corrected chi connectivity index (χ1v) is 28.7. The topological polar surface area (TPSA) is 78.9 Å². The number of rotatable bonds is 51. The summed E-state index contributed by atoms with van der Waals surface area (Å²) >= 11 is 0. The van der Waals surface area contributed by atoms with Crippen molar-refractivity contribution < 1.29 is 28.6 Å². The Kier molecular flexibility index (Phi) is 53.9. The smallest absolute Gasteiger partial charge is 0.306 e. The van der Waals surface area contributed by atoms with Gasteiger partial charge in [0.1, 0.15) is 13.2 Å². The van der Waals surface area contributed by atoms with E-state index in [4.69, 9.17) is 14.2 Å². The van der Waals surface area contributed by atoms with Crippen molar-refractivity contribution in [3.8, 4) is 0 Å². The Morgan fingerprint density at radius 2 is 0.565 bits per heavy atom. The summed E-state index contributed by atoms with van der Waals surface area (Å²) in [5.41, 5.74) is 0. The minimum atomic E-state index is -0.793. The van der Waals surface area contributed by atoms with Crippen LogP contribution in [0.1, 0.15) is 265 Å². The molecule has 0 aliphatic rings. The third-order valence-corrected chi connectivity index (χ3v) is 12.1. The molecule has 1 unspecified atom stereocenters. The lowest BCUT2D eigenvalue weighted by Crippen LogP contribution is -2.30. The first-order chi connectivity index (χ1) is 34.0. The van der Waals surface area contributed by atoms with E-state index in [1.54, 1.807) is 0 Å². The highest BCUT2D eigenvalue weighted by Gasteiger charge is 2.19. The molecule has 0 aromatic carbocycles. The first-order valence-electron chi connectivity index (χ1n) is 28.7. The minimum Gasteiger partial charge on any atom is -0.462 e. The fourth-order valence-corrected chi connectivity index (χ4v) is 7.84. The second-order valence-corrected chi connectivity index (χ2v) is 18.8. The fraction of sp³-hybridized carbons (Fsp3) is 0.698. The van der Waals surface area contributed by atoms with Crippen LogP contribution in [0.2, 0.25) is 0 Å². The van der Waals surface area contributed by atoms with Gasteiger partial charge in [0.05, 0.1) is 0 Å². The number of ether oxygens (including phenoxy) is 3. The molecule has 0 aromatic rings. The van der Waals surface area contributed by atoms with Gasteiger partial charge in [-0.25, -0.2) is 0 Å². The zero-order valence-electron chi connectivity index (χ0n) is 45.0. The van der Waals surface area contributed by atoms with Gasteiger partial charge in [-0.05, 0) is 96.3 Å². The number of carbonyl (C=O) groups excluding carboxylic acids is 3. The zero-order chi connectivity index (χ0) is 50.0. The van der Waals surface area contributed by atoms with Gasteiger partial charge in [0, 0.05) is 19.3 Å². The van der Waals surface area contributed by atoms with Crippen molar-refractivity contribution in [1.29, 1.82) is 0 Å². The molecular weight excluding hydrogens is 853 g/mol. The number of unbranched alkanes of at least 4 members (excludes halogenated alkanes) is 24. The normalized spacial score (nSPS) is 12.8. The third-order valence-electron chi connectivity index (χ3n) is 12.1. The molecule has 6 heteroatoms. The summed E-state index contributed by atoms with van der Waals surface area (Å²) < 4.78 is 16.8. The monoisotopic (exact) mass is 959 g/mol. The maximum atomic E-state index is 12.8. The molecule has 0 saturated carbocycles. The molecular formula is C63H106O6. The molecule has 1 atom stereocenters. The van der Waals surface area contributed by atoms with Crippen LogP contribution in [-0.4, -0.2) is 37.2 Å². The van der Waals surface area contributed by atoms with Crippen LogP contribution in [0.3, 0.4) is 0 Å². The summed E-state index contributed by atoms with van der Waals surface area (Å²) in [6, 6.07) is 0. The van der Waals surface area contributed by atoms with Crippen LogP contribution < -0.4 is 0 Å². The van der Waals surface area contributed by atoms with Gasteiger partial charge in [-0.15, -0.1) is 0 Å². The van der Waals surface area contributed by atoms with E-state index >= 15 is 0 Å². The molecule has 0 radical (unpaired) electrons. The second kappa shape index (κ2) is 56.9. The number of hydrogen-bond acceptors (Lipinski definition) is 6. The molecule has 0 aliphatic heterocycles. The molecule has 0 aromatic heterocycles.